The van der Waals surface area contributed by atoms with Crippen LogP contribution in [0.3, 0.4) is 0 Å². The van der Waals surface area contributed by atoms with Gasteiger partial charge in [-0.25, -0.2) is 4.79 Å². The molecule has 1 aliphatic rings. The summed E-state index contributed by atoms with van der Waals surface area (Å²) in [5, 5.41) is 5.96. The Morgan fingerprint density at radius 3 is 2.39 bits per heavy atom. The Balaban J connectivity index is 2.19. The van der Waals surface area contributed by atoms with E-state index in [0.29, 0.717) is 19.0 Å². The van der Waals surface area contributed by atoms with Gasteiger partial charge < -0.3 is 20.4 Å². The molecule has 0 bridgehead atoms. The number of carbonyl (C=O) groups excluding carboxylic acids is 2. The normalized spacial score (nSPS) is 16.5. The number of amides is 3. The highest BCUT2D eigenvalue weighted by Crippen LogP contribution is 2.11. The molecule has 6 nitrogen and oxygen atoms in total. The molecule has 0 aromatic rings. The molecule has 1 fully saturated rings. The van der Waals surface area contributed by atoms with Gasteiger partial charge in [-0.15, -0.1) is 0 Å². The summed E-state index contributed by atoms with van der Waals surface area (Å²) in [6, 6.07) is 0.500. The third-order valence-electron chi connectivity index (χ3n) is 3.21. The van der Waals surface area contributed by atoms with Crippen molar-refractivity contribution in [1.29, 1.82) is 0 Å². The van der Waals surface area contributed by atoms with Crippen LogP contribution in [0.2, 0.25) is 0 Å². The molecular weight excluding hydrogens is 232 g/mol. The lowest BCUT2D eigenvalue weighted by Gasteiger charge is -2.34. The molecule has 0 aliphatic carbocycles. The number of rotatable bonds is 4. The summed E-state index contributed by atoms with van der Waals surface area (Å²) in [4.78, 5) is 26.3. The van der Waals surface area contributed by atoms with Gasteiger partial charge in [0.2, 0.25) is 5.91 Å². The predicted molar refractivity (Wildman–Crippen MR) is 70.4 cm³/mol. The summed E-state index contributed by atoms with van der Waals surface area (Å²) in [5.74, 6) is 0.0581. The minimum atomic E-state index is 0.0581. The Morgan fingerprint density at radius 2 is 1.89 bits per heavy atom. The Kier molecular flexibility index (Phi) is 5.91. The molecule has 0 spiro atoms. The summed E-state index contributed by atoms with van der Waals surface area (Å²) < 4.78 is 0. The number of hydrogen-bond acceptors (Lipinski definition) is 3. The molecule has 1 rings (SSSR count). The zero-order chi connectivity index (χ0) is 13.5. The van der Waals surface area contributed by atoms with Gasteiger partial charge in [-0.2, -0.15) is 0 Å². The van der Waals surface area contributed by atoms with E-state index in [2.05, 4.69) is 10.6 Å². The van der Waals surface area contributed by atoms with Gasteiger partial charge in [-0.05, 0) is 12.8 Å². The molecular formula is C12H24N4O2. The van der Waals surface area contributed by atoms with Gasteiger partial charge in [0.1, 0.15) is 0 Å². The van der Waals surface area contributed by atoms with Crippen molar-refractivity contribution < 1.29 is 9.59 Å². The van der Waals surface area contributed by atoms with E-state index in [-0.39, 0.29) is 11.9 Å². The average Bonchev–Trinajstić information content (AvgIpc) is 2.38. The summed E-state index contributed by atoms with van der Waals surface area (Å²) >= 11 is 0. The second-order valence-corrected chi connectivity index (χ2v) is 4.82. The van der Waals surface area contributed by atoms with E-state index >= 15 is 0 Å². The zero-order valence-corrected chi connectivity index (χ0v) is 11.5. The monoisotopic (exact) mass is 256 g/mol. The molecule has 0 aromatic carbocycles. The van der Waals surface area contributed by atoms with Crippen molar-refractivity contribution in [2.45, 2.75) is 25.3 Å². The molecule has 104 valence electrons. The highest BCUT2D eigenvalue weighted by atomic mass is 16.2. The van der Waals surface area contributed by atoms with Crippen LogP contribution in [0.5, 0.6) is 0 Å². The standard InChI is InChI=1S/C12H24N4O2/c1-13-11(17)4-7-14-10-5-8-16(9-6-10)12(18)15(2)3/h10,14H,4-9H2,1-3H3,(H,13,17). The van der Waals surface area contributed by atoms with E-state index in [0.717, 1.165) is 25.9 Å². The summed E-state index contributed by atoms with van der Waals surface area (Å²) in [6.07, 6.45) is 2.41. The fourth-order valence-electron chi connectivity index (χ4n) is 2.07. The fraction of sp³-hybridized carbons (Fsp3) is 0.833. The van der Waals surface area contributed by atoms with Crippen LogP contribution < -0.4 is 10.6 Å². The van der Waals surface area contributed by atoms with Crippen molar-refractivity contribution in [3.8, 4) is 0 Å². The minimum absolute atomic E-state index is 0.0581. The second-order valence-electron chi connectivity index (χ2n) is 4.82. The molecule has 1 heterocycles. The number of urea groups is 1. The maximum Gasteiger partial charge on any atom is 0.319 e. The number of hydrogen-bond donors (Lipinski definition) is 2. The van der Waals surface area contributed by atoms with Crippen molar-refractivity contribution in [2.75, 3.05) is 40.8 Å². The maximum absolute atomic E-state index is 11.7. The third-order valence-corrected chi connectivity index (χ3v) is 3.21. The first-order valence-corrected chi connectivity index (χ1v) is 6.44. The first-order chi connectivity index (χ1) is 8.54. The molecule has 1 aliphatic heterocycles. The molecule has 0 aromatic heterocycles. The predicted octanol–water partition coefficient (Wildman–Crippen LogP) is -0.142. The topological polar surface area (TPSA) is 64.7 Å². The van der Waals surface area contributed by atoms with Gasteiger partial charge in [0, 0.05) is 53.2 Å². The van der Waals surface area contributed by atoms with Crippen LogP contribution in [0, 0.1) is 0 Å². The Labute approximate surface area is 109 Å². The number of likely N-dealkylation sites (tertiary alicyclic amines) is 1. The molecule has 2 N–H and O–H groups in total. The third kappa shape index (κ3) is 4.52. The van der Waals surface area contributed by atoms with E-state index in [9.17, 15) is 9.59 Å². The fourth-order valence-corrected chi connectivity index (χ4v) is 2.07. The number of nitrogens with zero attached hydrogens (tertiary/aromatic N) is 2. The van der Waals surface area contributed by atoms with E-state index in [1.807, 2.05) is 4.90 Å². The van der Waals surface area contributed by atoms with Gasteiger partial charge in [0.05, 0.1) is 0 Å². The van der Waals surface area contributed by atoms with Crippen molar-refractivity contribution in [1.82, 2.24) is 20.4 Å². The summed E-state index contributed by atoms with van der Waals surface area (Å²) in [6.45, 7) is 2.27. The lowest BCUT2D eigenvalue weighted by Crippen LogP contribution is -2.48. The molecule has 1 saturated heterocycles. The average molecular weight is 256 g/mol. The van der Waals surface area contributed by atoms with Gasteiger partial charge in [0.25, 0.3) is 0 Å². The Hall–Kier alpha value is -1.30. The highest BCUT2D eigenvalue weighted by Gasteiger charge is 2.23. The van der Waals surface area contributed by atoms with Gasteiger partial charge in [0.15, 0.2) is 0 Å². The summed E-state index contributed by atoms with van der Waals surface area (Å²) in [7, 11) is 5.19. The first-order valence-electron chi connectivity index (χ1n) is 6.44. The molecule has 0 unspecified atom stereocenters. The van der Waals surface area contributed by atoms with Crippen molar-refractivity contribution in [3.63, 3.8) is 0 Å². The smallest absolute Gasteiger partial charge is 0.319 e. The van der Waals surface area contributed by atoms with Gasteiger partial charge >= 0.3 is 6.03 Å². The Bertz CT molecular complexity index is 286. The minimum Gasteiger partial charge on any atom is -0.359 e. The molecule has 18 heavy (non-hydrogen) atoms. The molecule has 0 atom stereocenters. The molecule has 0 radical (unpaired) electrons. The number of piperidine rings is 1. The van der Waals surface area contributed by atoms with E-state index in [1.165, 1.54) is 0 Å². The van der Waals surface area contributed by atoms with Crippen LogP contribution in [0.1, 0.15) is 19.3 Å². The van der Waals surface area contributed by atoms with Crippen molar-refractivity contribution >= 4 is 11.9 Å². The van der Waals surface area contributed by atoms with Crippen LogP contribution in [0.15, 0.2) is 0 Å². The lowest BCUT2D eigenvalue weighted by molar-refractivity contribution is -0.120. The van der Waals surface area contributed by atoms with Crippen molar-refractivity contribution in [2.24, 2.45) is 0 Å². The van der Waals surface area contributed by atoms with Crippen LogP contribution in [-0.4, -0.2) is 68.6 Å². The first kappa shape index (κ1) is 14.8. The van der Waals surface area contributed by atoms with Crippen LogP contribution >= 0.6 is 0 Å². The molecule has 0 saturated carbocycles. The lowest BCUT2D eigenvalue weighted by atomic mass is 10.1. The molecule has 6 heteroatoms. The van der Waals surface area contributed by atoms with Crippen molar-refractivity contribution in [3.05, 3.63) is 0 Å². The quantitative estimate of drug-likeness (QED) is 0.736. The largest absolute Gasteiger partial charge is 0.359 e. The van der Waals surface area contributed by atoms with Crippen LogP contribution in [-0.2, 0) is 4.79 Å². The summed E-state index contributed by atoms with van der Waals surface area (Å²) in [5.41, 5.74) is 0. The van der Waals surface area contributed by atoms with E-state index < -0.39 is 0 Å². The number of carbonyl (C=O) groups is 2. The number of nitrogens with one attached hydrogen (secondary N) is 2. The van der Waals surface area contributed by atoms with Crippen LogP contribution in [0.25, 0.3) is 0 Å². The SMILES string of the molecule is CNC(=O)CCNC1CCN(C(=O)N(C)C)CC1. The molecule has 3 amide bonds. The van der Waals surface area contributed by atoms with Crippen LogP contribution in [0.4, 0.5) is 4.79 Å². The second kappa shape index (κ2) is 7.20. The van der Waals surface area contributed by atoms with Gasteiger partial charge in [-0.1, -0.05) is 0 Å². The van der Waals surface area contributed by atoms with Gasteiger partial charge in [-0.3, -0.25) is 4.79 Å². The zero-order valence-electron chi connectivity index (χ0n) is 11.5. The van der Waals surface area contributed by atoms with E-state index in [4.69, 9.17) is 0 Å². The maximum atomic E-state index is 11.7. The Morgan fingerprint density at radius 1 is 1.28 bits per heavy atom. The highest BCUT2D eigenvalue weighted by molar-refractivity contribution is 5.75. The van der Waals surface area contributed by atoms with E-state index in [1.54, 1.807) is 26.0 Å².